The van der Waals surface area contributed by atoms with Crippen molar-refractivity contribution < 1.29 is 0 Å². The van der Waals surface area contributed by atoms with Gasteiger partial charge in [0.05, 0.1) is 16.4 Å². The molecule has 63 heavy (non-hydrogen) atoms. The highest BCUT2D eigenvalue weighted by molar-refractivity contribution is 6.11. The third kappa shape index (κ3) is 5.95. The van der Waals surface area contributed by atoms with Gasteiger partial charge in [0, 0.05) is 33.5 Å². The van der Waals surface area contributed by atoms with Crippen LogP contribution in [0.5, 0.6) is 0 Å². The minimum Gasteiger partial charge on any atom is -0.310 e. The highest BCUT2D eigenvalue weighted by atomic mass is 15.1. The van der Waals surface area contributed by atoms with Crippen molar-refractivity contribution in [3.8, 4) is 39.1 Å². The number of para-hydroxylation sites is 1. The SMILES string of the molecule is c1ccc(-c2ccc(N(c3ccc(-c4ccccc4)cc3)c3ccc4c(c3)c3ccc(C5(c6ccccc6)c6ccccc6-c6ccccc65)cc3n4-c3ccccc3)cc2)cc1. The molecule has 0 saturated heterocycles. The van der Waals surface area contributed by atoms with Crippen LogP contribution in [0, 0.1) is 0 Å². The van der Waals surface area contributed by atoms with E-state index in [0.717, 1.165) is 28.3 Å². The Kier molecular flexibility index (Phi) is 8.76. The first kappa shape index (κ1) is 36.6. The molecule has 11 aromatic rings. The molecule has 2 nitrogen and oxygen atoms in total. The Bertz CT molecular complexity index is 3280. The van der Waals surface area contributed by atoms with Crippen LogP contribution in [-0.4, -0.2) is 4.57 Å². The largest absolute Gasteiger partial charge is 0.310 e. The van der Waals surface area contributed by atoms with Crippen LogP contribution in [0.2, 0.25) is 0 Å². The van der Waals surface area contributed by atoms with Crippen LogP contribution >= 0.6 is 0 Å². The second-order valence-corrected chi connectivity index (χ2v) is 16.5. The molecule has 1 heterocycles. The van der Waals surface area contributed by atoms with E-state index in [0.29, 0.717) is 0 Å². The molecular formula is C61H42N2. The van der Waals surface area contributed by atoms with Crippen molar-refractivity contribution in [2.45, 2.75) is 5.41 Å². The van der Waals surface area contributed by atoms with Crippen molar-refractivity contribution in [1.29, 1.82) is 0 Å². The molecule has 0 fully saturated rings. The van der Waals surface area contributed by atoms with Crippen molar-refractivity contribution in [2.75, 3.05) is 4.90 Å². The minimum absolute atomic E-state index is 0.500. The molecule has 0 atom stereocenters. The number of fused-ring (bicyclic) bond motifs is 6. The van der Waals surface area contributed by atoms with E-state index in [-0.39, 0.29) is 0 Å². The van der Waals surface area contributed by atoms with E-state index in [1.807, 2.05) is 0 Å². The monoisotopic (exact) mass is 802 g/mol. The van der Waals surface area contributed by atoms with Crippen LogP contribution in [0.25, 0.3) is 60.9 Å². The van der Waals surface area contributed by atoms with Crippen LogP contribution in [0.15, 0.2) is 255 Å². The first-order valence-corrected chi connectivity index (χ1v) is 21.8. The van der Waals surface area contributed by atoms with E-state index in [2.05, 4.69) is 264 Å². The Morgan fingerprint density at radius 3 is 1.32 bits per heavy atom. The molecule has 0 spiro atoms. The molecule has 0 N–H and O–H groups in total. The maximum atomic E-state index is 2.47. The van der Waals surface area contributed by atoms with Crippen LogP contribution in [0.4, 0.5) is 17.1 Å². The summed E-state index contributed by atoms with van der Waals surface area (Å²) >= 11 is 0. The number of benzene rings is 10. The highest BCUT2D eigenvalue weighted by Crippen LogP contribution is 2.56. The normalized spacial score (nSPS) is 12.6. The highest BCUT2D eigenvalue weighted by Gasteiger charge is 2.46. The number of rotatable bonds is 8. The molecular weight excluding hydrogens is 761 g/mol. The van der Waals surface area contributed by atoms with Crippen molar-refractivity contribution in [3.05, 3.63) is 277 Å². The molecule has 0 amide bonds. The van der Waals surface area contributed by atoms with Gasteiger partial charge < -0.3 is 9.47 Å². The number of hydrogen-bond donors (Lipinski definition) is 0. The zero-order valence-electron chi connectivity index (χ0n) is 34.6. The molecule has 0 saturated carbocycles. The average molecular weight is 803 g/mol. The Morgan fingerprint density at radius 1 is 0.302 bits per heavy atom. The number of anilines is 3. The lowest BCUT2D eigenvalue weighted by Crippen LogP contribution is -2.28. The molecule has 296 valence electrons. The number of hydrogen-bond acceptors (Lipinski definition) is 1. The van der Waals surface area contributed by atoms with Gasteiger partial charge >= 0.3 is 0 Å². The lowest BCUT2D eigenvalue weighted by molar-refractivity contribution is 0.769. The molecule has 0 bridgehead atoms. The summed E-state index contributed by atoms with van der Waals surface area (Å²) in [5.74, 6) is 0. The zero-order chi connectivity index (χ0) is 41.7. The van der Waals surface area contributed by atoms with Crippen molar-refractivity contribution in [1.82, 2.24) is 4.57 Å². The predicted molar refractivity (Wildman–Crippen MR) is 264 cm³/mol. The van der Waals surface area contributed by atoms with Crippen molar-refractivity contribution in [2.24, 2.45) is 0 Å². The Hall–Kier alpha value is -8.20. The average Bonchev–Trinajstić information content (AvgIpc) is 3.86. The molecule has 0 aliphatic heterocycles. The van der Waals surface area contributed by atoms with Gasteiger partial charge in [-0.1, -0.05) is 194 Å². The van der Waals surface area contributed by atoms with Crippen LogP contribution in [0.1, 0.15) is 22.3 Å². The van der Waals surface area contributed by atoms with Crippen LogP contribution in [0.3, 0.4) is 0 Å². The Balaban J connectivity index is 1.08. The fraction of sp³-hybridized carbons (Fsp3) is 0.0164. The maximum absolute atomic E-state index is 2.47. The van der Waals surface area contributed by atoms with E-state index in [9.17, 15) is 0 Å². The molecule has 1 aliphatic rings. The van der Waals surface area contributed by atoms with Crippen molar-refractivity contribution in [3.63, 3.8) is 0 Å². The van der Waals surface area contributed by atoms with E-state index in [1.54, 1.807) is 0 Å². The second kappa shape index (κ2) is 15.1. The van der Waals surface area contributed by atoms with Crippen LogP contribution < -0.4 is 4.90 Å². The third-order valence-electron chi connectivity index (χ3n) is 13.1. The second-order valence-electron chi connectivity index (χ2n) is 16.5. The third-order valence-corrected chi connectivity index (χ3v) is 13.1. The van der Waals surface area contributed by atoms with Gasteiger partial charge in [-0.25, -0.2) is 0 Å². The van der Waals surface area contributed by atoms with E-state index >= 15 is 0 Å². The topological polar surface area (TPSA) is 8.17 Å². The standard InChI is InChI=1S/C61H42N2/c1-5-17-43(18-6-1)45-29-34-50(35-30-45)62(51-36-31-46(32-37-51)44-19-7-2-8-20-44)52-38-40-59-56(42-52)55-39-33-48(41-60(55)63(59)49-23-11-4-12-24-49)61(47-21-9-3-10-22-47)57-27-15-13-25-53(57)54-26-14-16-28-58(54)61/h1-42H. The molecule has 1 aliphatic carbocycles. The van der Waals surface area contributed by atoms with E-state index in [4.69, 9.17) is 0 Å². The summed E-state index contributed by atoms with van der Waals surface area (Å²) in [7, 11) is 0. The Labute approximate surface area is 368 Å². The first-order chi connectivity index (χ1) is 31.3. The number of nitrogens with zero attached hydrogens (tertiary/aromatic N) is 2. The summed E-state index contributed by atoms with van der Waals surface area (Å²) in [6.07, 6.45) is 0. The summed E-state index contributed by atoms with van der Waals surface area (Å²) < 4.78 is 2.46. The summed E-state index contributed by atoms with van der Waals surface area (Å²) in [6, 6.07) is 93.2. The molecule has 0 radical (unpaired) electrons. The van der Waals surface area contributed by atoms with Gasteiger partial charge in [0.1, 0.15) is 0 Å². The van der Waals surface area contributed by atoms with E-state index in [1.165, 1.54) is 71.9 Å². The van der Waals surface area contributed by atoms with Crippen molar-refractivity contribution >= 4 is 38.9 Å². The molecule has 0 unspecified atom stereocenters. The minimum atomic E-state index is -0.500. The Morgan fingerprint density at radius 2 is 0.762 bits per heavy atom. The van der Waals surface area contributed by atoms with Gasteiger partial charge in [-0.2, -0.15) is 0 Å². The summed E-state index contributed by atoms with van der Waals surface area (Å²) in [5.41, 5.74) is 18.8. The zero-order valence-corrected chi connectivity index (χ0v) is 34.6. The molecule has 2 heteroatoms. The van der Waals surface area contributed by atoms with Gasteiger partial charge in [0.15, 0.2) is 0 Å². The smallest absolute Gasteiger partial charge is 0.0714 e. The van der Waals surface area contributed by atoms with Gasteiger partial charge in [-0.15, -0.1) is 0 Å². The lowest BCUT2D eigenvalue weighted by atomic mass is 9.67. The summed E-state index contributed by atoms with van der Waals surface area (Å²) in [5, 5.41) is 2.41. The predicted octanol–water partition coefficient (Wildman–Crippen LogP) is 16.0. The first-order valence-electron chi connectivity index (χ1n) is 21.8. The van der Waals surface area contributed by atoms with Gasteiger partial charge in [0.2, 0.25) is 0 Å². The molecule has 12 rings (SSSR count). The maximum Gasteiger partial charge on any atom is 0.0714 e. The van der Waals surface area contributed by atoms with Gasteiger partial charge in [-0.05, 0) is 116 Å². The fourth-order valence-corrected chi connectivity index (χ4v) is 10.3. The van der Waals surface area contributed by atoms with Gasteiger partial charge in [-0.3, -0.25) is 0 Å². The van der Waals surface area contributed by atoms with Crippen LogP contribution in [-0.2, 0) is 5.41 Å². The quantitative estimate of drug-likeness (QED) is 0.149. The molecule has 10 aromatic carbocycles. The summed E-state index contributed by atoms with van der Waals surface area (Å²) in [4.78, 5) is 2.39. The molecule has 1 aromatic heterocycles. The fourth-order valence-electron chi connectivity index (χ4n) is 10.3. The summed E-state index contributed by atoms with van der Waals surface area (Å²) in [6.45, 7) is 0. The lowest BCUT2D eigenvalue weighted by Gasteiger charge is -2.34. The van der Waals surface area contributed by atoms with E-state index < -0.39 is 5.41 Å². The van der Waals surface area contributed by atoms with Gasteiger partial charge in [0.25, 0.3) is 0 Å². The number of aromatic nitrogens is 1.